The normalized spacial score (nSPS) is 23.6. The lowest BCUT2D eigenvalue weighted by molar-refractivity contribution is 0.0159. The highest BCUT2D eigenvalue weighted by Crippen LogP contribution is 2.38. The SMILES string of the molecule is CC(C)N(C(=O)c1cc2ccccc2[nH]c1=O)C1CC2CCC(C1)N2CC(O)CNCS(C)(=O)=O. The maximum atomic E-state index is 13.6. The third-order valence-corrected chi connectivity index (χ3v) is 7.92. The summed E-state index contributed by atoms with van der Waals surface area (Å²) in [5, 5.41) is 14.1. The van der Waals surface area contributed by atoms with Gasteiger partial charge in [0, 0.05) is 49.0 Å². The van der Waals surface area contributed by atoms with Gasteiger partial charge in [-0.15, -0.1) is 0 Å². The molecule has 2 bridgehead atoms. The number of aromatic nitrogens is 1. The van der Waals surface area contributed by atoms with E-state index < -0.39 is 15.9 Å². The number of para-hydroxylation sites is 1. The van der Waals surface area contributed by atoms with Crippen molar-refractivity contribution in [3.8, 4) is 0 Å². The topological polar surface area (TPSA) is 123 Å². The maximum Gasteiger partial charge on any atom is 0.261 e. The van der Waals surface area contributed by atoms with Crippen LogP contribution in [0.3, 0.4) is 0 Å². The van der Waals surface area contributed by atoms with Crippen molar-refractivity contribution >= 4 is 26.6 Å². The van der Waals surface area contributed by atoms with Crippen molar-refractivity contribution < 1.29 is 18.3 Å². The first-order chi connectivity index (χ1) is 16.5. The second kappa shape index (κ2) is 10.4. The lowest BCUT2D eigenvalue weighted by Crippen LogP contribution is -2.56. The molecule has 2 aliphatic heterocycles. The number of hydrogen-bond acceptors (Lipinski definition) is 7. The molecule has 3 heterocycles. The molecule has 2 aliphatic rings. The molecule has 2 fully saturated rings. The number of nitrogens with one attached hydrogen (secondary N) is 2. The second-order valence-electron chi connectivity index (χ2n) is 10.3. The van der Waals surface area contributed by atoms with Gasteiger partial charge in [-0.25, -0.2) is 8.42 Å². The molecule has 0 saturated carbocycles. The summed E-state index contributed by atoms with van der Waals surface area (Å²) in [5.74, 6) is -0.395. The van der Waals surface area contributed by atoms with E-state index in [1.165, 1.54) is 0 Å². The highest BCUT2D eigenvalue weighted by atomic mass is 32.2. The van der Waals surface area contributed by atoms with Crippen molar-refractivity contribution in [2.45, 2.75) is 69.8 Å². The molecule has 1 aromatic heterocycles. The quantitative estimate of drug-likeness (QED) is 0.471. The zero-order valence-corrected chi connectivity index (χ0v) is 21.4. The number of rotatable bonds is 9. The Morgan fingerprint density at radius 2 is 1.89 bits per heavy atom. The van der Waals surface area contributed by atoms with E-state index in [-0.39, 0.29) is 53.6 Å². The van der Waals surface area contributed by atoms with Crippen molar-refractivity contribution in [2.24, 2.45) is 0 Å². The summed E-state index contributed by atoms with van der Waals surface area (Å²) in [4.78, 5) is 33.4. The fourth-order valence-corrected chi connectivity index (χ4v) is 6.25. The number of amides is 1. The van der Waals surface area contributed by atoms with Gasteiger partial charge in [-0.2, -0.15) is 0 Å². The van der Waals surface area contributed by atoms with E-state index in [1.54, 1.807) is 6.07 Å². The number of nitrogens with zero attached hydrogens (tertiary/aromatic N) is 2. The molecule has 3 unspecified atom stereocenters. The third-order valence-electron chi connectivity index (χ3n) is 7.19. The zero-order valence-electron chi connectivity index (χ0n) is 20.6. The number of pyridine rings is 1. The first kappa shape index (κ1) is 25.8. The van der Waals surface area contributed by atoms with Crippen LogP contribution in [0.1, 0.15) is 49.9 Å². The fraction of sp³-hybridized carbons (Fsp3) is 0.600. The molecule has 0 aliphatic carbocycles. The van der Waals surface area contributed by atoms with Gasteiger partial charge >= 0.3 is 0 Å². The monoisotopic (exact) mass is 504 g/mol. The van der Waals surface area contributed by atoms with Crippen molar-refractivity contribution in [1.82, 2.24) is 20.1 Å². The molecule has 1 amide bonds. The molecule has 9 nitrogen and oxygen atoms in total. The van der Waals surface area contributed by atoms with Gasteiger partial charge in [-0.05, 0) is 57.0 Å². The van der Waals surface area contributed by atoms with Crippen LogP contribution in [0.5, 0.6) is 0 Å². The van der Waals surface area contributed by atoms with E-state index in [2.05, 4.69) is 15.2 Å². The standard InChI is InChI=1S/C25H36N4O5S/c1-16(2)29(25(32)22-10-17-6-4-5-7-23(17)27-24(22)31)20-11-18-8-9-19(12-20)28(18)14-21(30)13-26-15-35(3,33)34/h4-7,10,16,18-21,26,30H,8-9,11-15H2,1-3H3,(H,27,31). The van der Waals surface area contributed by atoms with Crippen molar-refractivity contribution in [1.29, 1.82) is 0 Å². The summed E-state index contributed by atoms with van der Waals surface area (Å²) in [6.45, 7) is 4.66. The summed E-state index contributed by atoms with van der Waals surface area (Å²) < 4.78 is 22.6. The van der Waals surface area contributed by atoms with Gasteiger partial charge in [0.15, 0.2) is 9.84 Å². The van der Waals surface area contributed by atoms with E-state index >= 15 is 0 Å². The van der Waals surface area contributed by atoms with E-state index in [0.29, 0.717) is 12.1 Å². The zero-order chi connectivity index (χ0) is 25.3. The van der Waals surface area contributed by atoms with Gasteiger partial charge in [0.25, 0.3) is 11.5 Å². The Hall–Kier alpha value is -2.27. The van der Waals surface area contributed by atoms with Gasteiger partial charge in [-0.3, -0.25) is 14.5 Å². The van der Waals surface area contributed by atoms with Gasteiger partial charge in [0.2, 0.25) is 0 Å². The largest absolute Gasteiger partial charge is 0.390 e. The molecule has 0 spiro atoms. The van der Waals surface area contributed by atoms with Crippen LogP contribution in [0.2, 0.25) is 0 Å². The number of carbonyl (C=O) groups is 1. The van der Waals surface area contributed by atoms with Gasteiger partial charge in [0.1, 0.15) is 5.56 Å². The van der Waals surface area contributed by atoms with Crippen LogP contribution in [0, 0.1) is 0 Å². The number of sulfone groups is 1. The van der Waals surface area contributed by atoms with E-state index in [1.807, 2.05) is 43.0 Å². The highest BCUT2D eigenvalue weighted by molar-refractivity contribution is 7.90. The van der Waals surface area contributed by atoms with Crippen LogP contribution in [0.15, 0.2) is 35.1 Å². The summed E-state index contributed by atoms with van der Waals surface area (Å²) in [6, 6.07) is 9.57. The van der Waals surface area contributed by atoms with E-state index in [9.17, 15) is 23.1 Å². The molecule has 4 rings (SSSR count). The predicted octanol–water partition coefficient (Wildman–Crippen LogP) is 1.33. The number of carbonyl (C=O) groups excluding carboxylic acids is 1. The van der Waals surface area contributed by atoms with Crippen LogP contribution < -0.4 is 10.9 Å². The van der Waals surface area contributed by atoms with Crippen LogP contribution in [-0.4, -0.2) is 89.7 Å². The number of benzene rings is 1. The average molecular weight is 505 g/mol. The Morgan fingerprint density at radius 3 is 2.51 bits per heavy atom. The van der Waals surface area contributed by atoms with Crippen molar-refractivity contribution in [3.05, 3.63) is 46.2 Å². The Labute approximate surface area is 206 Å². The molecule has 35 heavy (non-hydrogen) atoms. The fourth-order valence-electron chi connectivity index (χ4n) is 5.76. The van der Waals surface area contributed by atoms with Crippen LogP contribution in [0.4, 0.5) is 0 Å². The summed E-state index contributed by atoms with van der Waals surface area (Å²) in [7, 11) is -3.13. The van der Waals surface area contributed by atoms with Gasteiger partial charge in [-0.1, -0.05) is 18.2 Å². The number of piperidine rings is 1. The molecule has 0 radical (unpaired) electrons. The molecule has 2 aromatic rings. The molecule has 3 N–H and O–H groups in total. The molecule has 2 saturated heterocycles. The number of aliphatic hydroxyl groups is 1. The Balaban J connectivity index is 1.46. The van der Waals surface area contributed by atoms with E-state index in [0.717, 1.165) is 37.3 Å². The minimum Gasteiger partial charge on any atom is -0.390 e. The maximum absolute atomic E-state index is 13.6. The summed E-state index contributed by atoms with van der Waals surface area (Å²) in [6.07, 6.45) is 4.06. The van der Waals surface area contributed by atoms with Crippen LogP contribution in [0.25, 0.3) is 10.9 Å². The molecule has 3 atom stereocenters. The van der Waals surface area contributed by atoms with Crippen LogP contribution in [-0.2, 0) is 9.84 Å². The summed E-state index contributed by atoms with van der Waals surface area (Å²) >= 11 is 0. The second-order valence-corrected chi connectivity index (χ2v) is 12.4. The van der Waals surface area contributed by atoms with Crippen molar-refractivity contribution in [2.75, 3.05) is 25.2 Å². The number of aliphatic hydroxyl groups excluding tert-OH is 1. The highest BCUT2D eigenvalue weighted by Gasteiger charge is 2.44. The lowest BCUT2D eigenvalue weighted by Gasteiger charge is -2.45. The minimum atomic E-state index is -3.13. The minimum absolute atomic E-state index is 0.0163. The molecular weight excluding hydrogens is 468 g/mol. The van der Waals surface area contributed by atoms with Crippen molar-refractivity contribution in [3.63, 3.8) is 0 Å². The first-order valence-electron chi connectivity index (χ1n) is 12.3. The smallest absolute Gasteiger partial charge is 0.261 e. The number of hydrogen-bond donors (Lipinski definition) is 3. The van der Waals surface area contributed by atoms with Gasteiger partial charge in [0.05, 0.1) is 12.0 Å². The number of aromatic amines is 1. The molecular formula is C25H36N4O5S. The molecule has 1 aromatic carbocycles. The van der Waals surface area contributed by atoms with Crippen LogP contribution >= 0.6 is 0 Å². The lowest BCUT2D eigenvalue weighted by atomic mass is 9.93. The van der Waals surface area contributed by atoms with E-state index in [4.69, 9.17) is 0 Å². The Bertz CT molecular complexity index is 1210. The predicted molar refractivity (Wildman–Crippen MR) is 136 cm³/mol. The summed E-state index contributed by atoms with van der Waals surface area (Å²) in [5.41, 5.74) is 0.505. The number of fused-ring (bicyclic) bond motifs is 3. The Kier molecular flexibility index (Phi) is 7.65. The third kappa shape index (κ3) is 5.94. The molecule has 192 valence electrons. The first-order valence-corrected chi connectivity index (χ1v) is 14.4. The Morgan fingerprint density at radius 1 is 1.23 bits per heavy atom. The average Bonchev–Trinajstić information content (AvgIpc) is 2.99. The molecule has 10 heteroatoms. The number of H-pyrrole nitrogens is 1. The van der Waals surface area contributed by atoms with Gasteiger partial charge < -0.3 is 20.3 Å².